The summed E-state index contributed by atoms with van der Waals surface area (Å²) in [6.45, 7) is 5.63. The van der Waals surface area contributed by atoms with Gasteiger partial charge in [-0.3, -0.25) is 14.4 Å². The normalized spacial score (nSPS) is 47.6. The summed E-state index contributed by atoms with van der Waals surface area (Å²) in [6, 6.07) is 0. The third-order valence-electron chi connectivity index (χ3n) is 9.26. The van der Waals surface area contributed by atoms with Crippen LogP contribution in [-0.4, -0.2) is 30.3 Å². The molecule has 0 radical (unpaired) electrons. The number of carbonyl (C=O) groups is 3. The zero-order chi connectivity index (χ0) is 20.3. The maximum Gasteiger partial charge on any atom is 0.303 e. The first-order chi connectivity index (χ1) is 13.2. The Morgan fingerprint density at radius 1 is 1.07 bits per heavy atom. The van der Waals surface area contributed by atoms with Crippen LogP contribution in [0.4, 0.5) is 4.39 Å². The van der Waals surface area contributed by atoms with Crippen molar-refractivity contribution in [1.82, 2.24) is 0 Å². The highest BCUT2D eigenvalue weighted by atomic mass is 19.1. The first-order valence-corrected chi connectivity index (χ1v) is 11.0. The summed E-state index contributed by atoms with van der Waals surface area (Å²) < 4.78 is 20.3. The number of ketones is 2. The van der Waals surface area contributed by atoms with Gasteiger partial charge in [-0.15, -0.1) is 0 Å². The summed E-state index contributed by atoms with van der Waals surface area (Å²) >= 11 is 0. The van der Waals surface area contributed by atoms with Crippen LogP contribution in [0, 0.1) is 40.4 Å². The molecule has 28 heavy (non-hydrogen) atoms. The molecule has 8 atom stereocenters. The molecule has 0 unspecified atom stereocenters. The molecule has 0 aromatic carbocycles. The van der Waals surface area contributed by atoms with E-state index in [1.54, 1.807) is 0 Å². The van der Waals surface area contributed by atoms with Gasteiger partial charge < -0.3 is 4.74 Å². The molecule has 0 aliphatic heterocycles. The van der Waals surface area contributed by atoms with Crippen LogP contribution in [0.3, 0.4) is 0 Å². The summed E-state index contributed by atoms with van der Waals surface area (Å²) in [4.78, 5) is 35.9. The smallest absolute Gasteiger partial charge is 0.303 e. The van der Waals surface area contributed by atoms with E-state index in [0.717, 1.165) is 32.1 Å². The van der Waals surface area contributed by atoms with E-state index in [0.29, 0.717) is 37.0 Å². The van der Waals surface area contributed by atoms with Crippen molar-refractivity contribution < 1.29 is 23.5 Å². The van der Waals surface area contributed by atoms with E-state index in [1.165, 1.54) is 6.92 Å². The predicted octanol–water partition coefficient (Wildman–Crippen LogP) is 4.29. The lowest BCUT2D eigenvalue weighted by molar-refractivity contribution is -0.158. The average Bonchev–Trinajstić information content (AvgIpc) is 2.99. The third kappa shape index (κ3) is 2.95. The third-order valence-corrected chi connectivity index (χ3v) is 9.26. The summed E-state index contributed by atoms with van der Waals surface area (Å²) in [7, 11) is 0. The van der Waals surface area contributed by atoms with Gasteiger partial charge in [0, 0.05) is 31.6 Å². The Hall–Kier alpha value is -1.26. The van der Waals surface area contributed by atoms with Gasteiger partial charge in [-0.2, -0.15) is 0 Å². The lowest BCUT2D eigenvalue weighted by Gasteiger charge is -2.60. The minimum atomic E-state index is -0.909. The average molecular weight is 393 g/mol. The van der Waals surface area contributed by atoms with Crippen molar-refractivity contribution in [3.05, 3.63) is 0 Å². The fraction of sp³-hybridized carbons (Fsp3) is 0.870. The largest absolute Gasteiger partial charge is 0.458 e. The number of fused-ring (bicyclic) bond motifs is 5. The molecule has 4 saturated carbocycles. The van der Waals surface area contributed by atoms with Crippen molar-refractivity contribution in [3.63, 3.8) is 0 Å². The molecule has 5 heteroatoms. The molecule has 0 N–H and O–H groups in total. The fourth-order valence-electron chi connectivity index (χ4n) is 7.84. The second-order valence-electron chi connectivity index (χ2n) is 10.4. The number of hydrogen-bond donors (Lipinski definition) is 0. The number of rotatable bonds is 3. The molecule has 0 saturated heterocycles. The summed E-state index contributed by atoms with van der Waals surface area (Å²) in [5.74, 6) is 0.727. The molecule has 0 heterocycles. The monoisotopic (exact) mass is 392 g/mol. The van der Waals surface area contributed by atoms with Gasteiger partial charge in [0.15, 0.2) is 5.78 Å². The first-order valence-electron chi connectivity index (χ1n) is 11.0. The lowest BCUT2D eigenvalue weighted by atomic mass is 9.44. The van der Waals surface area contributed by atoms with Crippen molar-refractivity contribution in [2.75, 3.05) is 6.61 Å². The predicted molar refractivity (Wildman–Crippen MR) is 102 cm³/mol. The van der Waals surface area contributed by atoms with Crippen LogP contribution in [0.2, 0.25) is 0 Å². The maximum atomic E-state index is 15.3. The Morgan fingerprint density at radius 3 is 2.50 bits per heavy atom. The molecule has 0 aromatic heterocycles. The van der Waals surface area contributed by atoms with Gasteiger partial charge in [0.25, 0.3) is 0 Å². The SMILES string of the molecule is CC(=O)OCC(=O)[C@H]1CC[C@H]2[C@@H]3C[C@@H](F)[C@@H]4CC(=O)CC[C@]4(C)[C@H]3CC[C@]12C. The van der Waals surface area contributed by atoms with E-state index in [9.17, 15) is 14.4 Å². The Labute approximate surface area is 167 Å². The van der Waals surface area contributed by atoms with Crippen LogP contribution in [0.25, 0.3) is 0 Å². The Morgan fingerprint density at radius 2 is 1.79 bits per heavy atom. The molecule has 0 amide bonds. The number of carbonyl (C=O) groups excluding carboxylic acids is 3. The molecule has 4 nitrogen and oxygen atoms in total. The van der Waals surface area contributed by atoms with E-state index >= 15 is 4.39 Å². The molecule has 4 rings (SSSR count). The summed E-state index contributed by atoms with van der Waals surface area (Å²) in [5.41, 5.74) is -0.205. The molecule has 0 bridgehead atoms. The second-order valence-corrected chi connectivity index (χ2v) is 10.4. The Balaban J connectivity index is 1.56. The topological polar surface area (TPSA) is 60.4 Å². The van der Waals surface area contributed by atoms with Crippen LogP contribution in [0.5, 0.6) is 0 Å². The summed E-state index contributed by atoms with van der Waals surface area (Å²) in [5, 5.41) is 0. The number of hydrogen-bond acceptors (Lipinski definition) is 4. The highest BCUT2D eigenvalue weighted by Crippen LogP contribution is 2.67. The first kappa shape index (κ1) is 20.0. The number of ether oxygens (including phenoxy) is 1. The lowest BCUT2D eigenvalue weighted by Crippen LogP contribution is -2.57. The van der Waals surface area contributed by atoms with Gasteiger partial charge in [-0.1, -0.05) is 13.8 Å². The quantitative estimate of drug-likeness (QED) is 0.672. The van der Waals surface area contributed by atoms with Crippen molar-refractivity contribution in [1.29, 1.82) is 0 Å². The molecule has 0 aromatic rings. The van der Waals surface area contributed by atoms with Crippen molar-refractivity contribution in [2.24, 2.45) is 40.4 Å². The standard InChI is InChI=1S/C23H33FO4/c1-13(25)28-12-21(27)18-5-4-16-15-11-20(24)19-10-14(26)6-8-23(19,3)17(15)7-9-22(16,18)2/h15-20H,4-12H2,1-3H3/t15-,16-,17-,18+,19-,20+,22-,23+/m0/s1. The fourth-order valence-corrected chi connectivity index (χ4v) is 7.84. The minimum absolute atomic E-state index is 0.0265. The van der Waals surface area contributed by atoms with E-state index in [-0.39, 0.29) is 40.8 Å². The molecular formula is C23H33FO4. The van der Waals surface area contributed by atoms with Gasteiger partial charge in [0.1, 0.15) is 18.6 Å². The maximum absolute atomic E-state index is 15.3. The minimum Gasteiger partial charge on any atom is -0.458 e. The van der Waals surface area contributed by atoms with E-state index in [1.807, 2.05) is 0 Å². The van der Waals surface area contributed by atoms with Crippen molar-refractivity contribution in [3.8, 4) is 0 Å². The Bertz CT molecular complexity index is 690. The van der Waals surface area contributed by atoms with Crippen LogP contribution >= 0.6 is 0 Å². The summed E-state index contributed by atoms with van der Waals surface area (Å²) in [6.07, 6.45) is 5.22. The number of Topliss-reactive ketones (excluding diaryl/α,β-unsaturated/α-hetero) is 2. The zero-order valence-corrected chi connectivity index (χ0v) is 17.3. The second kappa shape index (κ2) is 6.91. The molecule has 4 aliphatic carbocycles. The van der Waals surface area contributed by atoms with Crippen molar-refractivity contribution in [2.45, 2.75) is 78.3 Å². The number of halogens is 1. The molecule has 0 spiro atoms. The van der Waals surface area contributed by atoms with Gasteiger partial charge in [0.05, 0.1) is 0 Å². The van der Waals surface area contributed by atoms with Crippen molar-refractivity contribution >= 4 is 17.5 Å². The van der Waals surface area contributed by atoms with E-state index in [4.69, 9.17) is 4.74 Å². The molecule has 4 fully saturated rings. The van der Waals surface area contributed by atoms with Crippen LogP contribution in [0.1, 0.15) is 72.1 Å². The number of esters is 1. The van der Waals surface area contributed by atoms with Gasteiger partial charge in [-0.25, -0.2) is 4.39 Å². The number of alkyl halides is 1. The zero-order valence-electron chi connectivity index (χ0n) is 17.3. The Kier molecular flexibility index (Phi) is 4.95. The van der Waals surface area contributed by atoms with Crippen LogP contribution in [0.15, 0.2) is 0 Å². The van der Waals surface area contributed by atoms with Gasteiger partial charge >= 0.3 is 5.97 Å². The highest BCUT2D eigenvalue weighted by Gasteiger charge is 2.63. The molecule has 4 aliphatic rings. The van der Waals surface area contributed by atoms with Crippen LogP contribution in [-0.2, 0) is 19.1 Å². The van der Waals surface area contributed by atoms with E-state index in [2.05, 4.69) is 13.8 Å². The van der Waals surface area contributed by atoms with E-state index < -0.39 is 12.1 Å². The van der Waals surface area contributed by atoms with Gasteiger partial charge in [0.2, 0.25) is 0 Å². The van der Waals surface area contributed by atoms with Crippen LogP contribution < -0.4 is 0 Å². The van der Waals surface area contributed by atoms with Gasteiger partial charge in [-0.05, 0) is 67.1 Å². The molecular weight excluding hydrogens is 359 g/mol. The highest BCUT2D eigenvalue weighted by molar-refractivity contribution is 5.85. The molecule has 156 valence electrons.